The number of carbonyl (C=O) groups is 2. The minimum absolute atomic E-state index is 0.00510. The number of carboxylic acid groups (broad SMARTS) is 1. The maximum Gasteiger partial charge on any atom is 0.377 e. The smallest absolute Gasteiger partial charge is 0.377 e. The number of ketones is 1. The Morgan fingerprint density at radius 1 is 0.846 bits per heavy atom. The predicted octanol–water partition coefficient (Wildman–Crippen LogP) is 3.27. The van der Waals surface area contributed by atoms with Crippen molar-refractivity contribution < 1.29 is 29.3 Å². The van der Waals surface area contributed by atoms with Crippen LogP contribution in [0.5, 0.6) is 17.2 Å². The average molecular weight is 352 g/mol. The Balaban J connectivity index is 1.60. The maximum absolute atomic E-state index is 11.6. The summed E-state index contributed by atoms with van der Waals surface area (Å²) >= 11 is 0. The fraction of sp³-hybridized carbons (Fsp3) is 0.100. The quantitative estimate of drug-likeness (QED) is 0.385. The van der Waals surface area contributed by atoms with Gasteiger partial charge in [-0.2, -0.15) is 0 Å². The molecule has 0 aliphatic rings. The van der Waals surface area contributed by atoms with Crippen molar-refractivity contribution in [3.8, 4) is 17.2 Å². The molecule has 0 bridgehead atoms. The number of Topliss-reactive ketones (excluding diaryl/α,β-unsaturated/α-hetero) is 1. The molecular weight excluding hydrogens is 336 g/mol. The summed E-state index contributed by atoms with van der Waals surface area (Å²) < 4.78 is 11.1. The molecule has 0 atom stereocenters. The van der Waals surface area contributed by atoms with Crippen LogP contribution in [0.1, 0.15) is 10.4 Å². The highest BCUT2D eigenvalue weighted by Gasteiger charge is 2.18. The van der Waals surface area contributed by atoms with Gasteiger partial charge in [-0.1, -0.05) is 24.3 Å². The van der Waals surface area contributed by atoms with Crippen LogP contribution in [0.2, 0.25) is 0 Å². The van der Waals surface area contributed by atoms with Gasteiger partial charge in [-0.3, -0.25) is 4.79 Å². The van der Waals surface area contributed by atoms with Crippen LogP contribution in [-0.4, -0.2) is 35.2 Å². The molecule has 0 radical (unpaired) electrons. The van der Waals surface area contributed by atoms with Crippen molar-refractivity contribution in [2.75, 3.05) is 13.2 Å². The summed E-state index contributed by atoms with van der Waals surface area (Å²) in [5.74, 6) is -1.49. The van der Waals surface area contributed by atoms with Crippen molar-refractivity contribution in [1.29, 1.82) is 0 Å². The van der Waals surface area contributed by atoms with Gasteiger partial charge in [0.1, 0.15) is 30.5 Å². The standard InChI is InChI=1S/C20H16O6/c21-15-7-5-14-12-16(8-6-13(14)11-15)25-9-10-26-18-4-2-1-3-17(18)19(22)20(23)24/h1-8,11-12,21H,9-10H2,(H,23,24). The Labute approximate surface area is 149 Å². The molecule has 0 heterocycles. The highest BCUT2D eigenvalue weighted by atomic mass is 16.5. The first-order valence-electron chi connectivity index (χ1n) is 7.89. The molecule has 0 saturated carbocycles. The predicted molar refractivity (Wildman–Crippen MR) is 95.0 cm³/mol. The molecule has 0 fully saturated rings. The van der Waals surface area contributed by atoms with Crippen molar-refractivity contribution in [2.45, 2.75) is 0 Å². The lowest BCUT2D eigenvalue weighted by molar-refractivity contribution is -0.131. The van der Waals surface area contributed by atoms with E-state index >= 15 is 0 Å². The Kier molecular flexibility index (Phi) is 5.03. The molecule has 0 spiro atoms. The second-order valence-corrected chi connectivity index (χ2v) is 5.52. The number of phenolic OH excluding ortho intramolecular Hbond substituents is 1. The van der Waals surface area contributed by atoms with Gasteiger partial charge in [0.05, 0.1) is 5.56 Å². The van der Waals surface area contributed by atoms with Gasteiger partial charge < -0.3 is 19.7 Å². The summed E-state index contributed by atoms with van der Waals surface area (Å²) in [6.07, 6.45) is 0. The topological polar surface area (TPSA) is 93.1 Å². The van der Waals surface area contributed by atoms with Crippen LogP contribution < -0.4 is 9.47 Å². The minimum atomic E-state index is -1.53. The van der Waals surface area contributed by atoms with Crippen LogP contribution in [0.25, 0.3) is 10.8 Å². The van der Waals surface area contributed by atoms with Crippen molar-refractivity contribution >= 4 is 22.5 Å². The van der Waals surface area contributed by atoms with Gasteiger partial charge in [0.15, 0.2) is 0 Å². The van der Waals surface area contributed by atoms with E-state index in [9.17, 15) is 14.7 Å². The first-order chi connectivity index (χ1) is 12.5. The van der Waals surface area contributed by atoms with Crippen molar-refractivity contribution in [1.82, 2.24) is 0 Å². The molecule has 2 N–H and O–H groups in total. The number of ether oxygens (including phenoxy) is 2. The summed E-state index contributed by atoms with van der Waals surface area (Å²) in [7, 11) is 0. The summed E-state index contributed by atoms with van der Waals surface area (Å²) in [5, 5.41) is 20.1. The zero-order valence-corrected chi connectivity index (χ0v) is 13.7. The molecule has 132 valence electrons. The Bertz CT molecular complexity index is 963. The molecule has 6 nitrogen and oxygen atoms in total. The van der Waals surface area contributed by atoms with Crippen LogP contribution in [0.4, 0.5) is 0 Å². The third kappa shape index (κ3) is 3.92. The normalized spacial score (nSPS) is 10.5. The van der Waals surface area contributed by atoms with Gasteiger partial charge in [-0.05, 0) is 47.2 Å². The summed E-state index contributed by atoms with van der Waals surface area (Å²) in [4.78, 5) is 22.5. The van der Waals surface area contributed by atoms with Crippen LogP contribution >= 0.6 is 0 Å². The number of para-hydroxylation sites is 1. The number of hydrogen-bond donors (Lipinski definition) is 2. The maximum atomic E-state index is 11.6. The first-order valence-corrected chi connectivity index (χ1v) is 7.89. The van der Waals surface area contributed by atoms with E-state index in [-0.39, 0.29) is 30.3 Å². The number of fused-ring (bicyclic) bond motifs is 1. The van der Waals surface area contributed by atoms with E-state index in [4.69, 9.17) is 14.6 Å². The third-order valence-corrected chi connectivity index (χ3v) is 3.73. The van der Waals surface area contributed by atoms with E-state index in [1.807, 2.05) is 12.1 Å². The van der Waals surface area contributed by atoms with Gasteiger partial charge in [-0.25, -0.2) is 4.79 Å². The fourth-order valence-electron chi connectivity index (χ4n) is 2.51. The average Bonchev–Trinajstić information content (AvgIpc) is 2.65. The molecular formula is C20H16O6. The highest BCUT2D eigenvalue weighted by Crippen LogP contribution is 2.24. The number of carbonyl (C=O) groups excluding carboxylic acids is 1. The van der Waals surface area contributed by atoms with E-state index < -0.39 is 11.8 Å². The first kappa shape index (κ1) is 17.3. The van der Waals surface area contributed by atoms with Gasteiger partial charge in [-0.15, -0.1) is 0 Å². The number of carboxylic acids is 1. The zero-order chi connectivity index (χ0) is 18.5. The van der Waals surface area contributed by atoms with Crippen LogP contribution in [0, 0.1) is 0 Å². The second-order valence-electron chi connectivity index (χ2n) is 5.52. The van der Waals surface area contributed by atoms with E-state index in [0.29, 0.717) is 5.75 Å². The van der Waals surface area contributed by atoms with E-state index in [2.05, 4.69) is 0 Å². The number of benzene rings is 3. The lowest BCUT2D eigenvalue weighted by Crippen LogP contribution is -2.16. The molecule has 3 aromatic carbocycles. The molecule has 0 amide bonds. The largest absolute Gasteiger partial charge is 0.508 e. The number of phenols is 1. The molecule has 0 aliphatic carbocycles. The number of rotatable bonds is 7. The van der Waals surface area contributed by atoms with E-state index in [1.165, 1.54) is 6.07 Å². The number of hydrogen-bond acceptors (Lipinski definition) is 5. The fourth-order valence-corrected chi connectivity index (χ4v) is 2.51. The molecule has 3 aromatic rings. The Morgan fingerprint density at radius 3 is 2.35 bits per heavy atom. The Morgan fingerprint density at radius 2 is 1.54 bits per heavy atom. The van der Waals surface area contributed by atoms with Gasteiger partial charge in [0, 0.05) is 0 Å². The summed E-state index contributed by atoms with van der Waals surface area (Å²) in [6.45, 7) is 0.372. The van der Waals surface area contributed by atoms with Crippen LogP contribution in [0.15, 0.2) is 60.7 Å². The third-order valence-electron chi connectivity index (χ3n) is 3.73. The SMILES string of the molecule is O=C(O)C(=O)c1ccccc1OCCOc1ccc2cc(O)ccc2c1. The molecule has 0 unspecified atom stereocenters. The van der Waals surface area contributed by atoms with Crippen LogP contribution in [0.3, 0.4) is 0 Å². The second kappa shape index (κ2) is 7.57. The van der Waals surface area contributed by atoms with Gasteiger partial charge in [0.2, 0.25) is 0 Å². The lowest BCUT2D eigenvalue weighted by Gasteiger charge is -2.11. The molecule has 0 saturated heterocycles. The van der Waals surface area contributed by atoms with E-state index in [0.717, 1.165) is 10.8 Å². The minimum Gasteiger partial charge on any atom is -0.508 e. The molecule has 0 aromatic heterocycles. The van der Waals surface area contributed by atoms with Crippen molar-refractivity contribution in [3.63, 3.8) is 0 Å². The molecule has 6 heteroatoms. The Hall–Kier alpha value is -3.54. The molecule has 0 aliphatic heterocycles. The van der Waals surface area contributed by atoms with Gasteiger partial charge in [0.25, 0.3) is 5.78 Å². The summed E-state index contributed by atoms with van der Waals surface area (Å²) in [6, 6.07) is 16.7. The molecule has 26 heavy (non-hydrogen) atoms. The molecule has 3 rings (SSSR count). The zero-order valence-electron chi connectivity index (χ0n) is 13.7. The van der Waals surface area contributed by atoms with E-state index in [1.54, 1.807) is 42.5 Å². The van der Waals surface area contributed by atoms with Crippen molar-refractivity contribution in [3.05, 3.63) is 66.2 Å². The van der Waals surface area contributed by atoms with Crippen molar-refractivity contribution in [2.24, 2.45) is 0 Å². The van der Waals surface area contributed by atoms with Gasteiger partial charge >= 0.3 is 5.97 Å². The lowest BCUT2D eigenvalue weighted by atomic mass is 10.1. The summed E-state index contributed by atoms with van der Waals surface area (Å²) in [5.41, 5.74) is 0.00510. The van der Waals surface area contributed by atoms with Crippen LogP contribution in [-0.2, 0) is 4.79 Å². The monoisotopic (exact) mass is 352 g/mol. The highest BCUT2D eigenvalue weighted by molar-refractivity contribution is 6.40. The number of aromatic hydroxyl groups is 1. The number of aliphatic carboxylic acids is 1.